The van der Waals surface area contributed by atoms with E-state index in [-0.39, 0.29) is 16.0 Å². The van der Waals surface area contributed by atoms with Crippen LogP contribution >= 0.6 is 12.2 Å². The molecule has 0 fully saturated rings. The fourth-order valence-corrected chi connectivity index (χ4v) is 3.37. The number of non-ortho nitro benzene ring substituents is 1. The molecule has 0 atom stereocenters. The number of hydrogen-bond acceptors (Lipinski definition) is 5. The molecule has 0 bridgehead atoms. The van der Waals surface area contributed by atoms with Gasteiger partial charge in [0.05, 0.1) is 16.0 Å². The maximum Gasteiger partial charge on any atom is 0.271 e. The SMILES string of the molecule is N#C/C(=C\n1c(=S)[nH]c2ccc([N+](=O)[O-])cc21)C(=O)c1ccc2ccccc2c1. The summed E-state index contributed by atoms with van der Waals surface area (Å²) < 4.78 is 1.62. The predicted octanol–water partition coefficient (Wildman–Crippen LogP) is 5.01. The summed E-state index contributed by atoms with van der Waals surface area (Å²) in [4.78, 5) is 26.4. The van der Waals surface area contributed by atoms with Crippen LogP contribution in [0.1, 0.15) is 10.4 Å². The number of hydrogen-bond donors (Lipinski definition) is 1. The summed E-state index contributed by atoms with van der Waals surface area (Å²) in [6, 6.07) is 18.9. The topological polar surface area (TPSA) is 105 Å². The molecule has 0 radical (unpaired) electrons. The highest BCUT2D eigenvalue weighted by Crippen LogP contribution is 2.23. The average Bonchev–Trinajstić information content (AvgIpc) is 3.05. The van der Waals surface area contributed by atoms with Crippen LogP contribution in [0.15, 0.2) is 66.2 Å². The van der Waals surface area contributed by atoms with Gasteiger partial charge in [-0.3, -0.25) is 19.5 Å². The van der Waals surface area contributed by atoms with E-state index in [1.54, 1.807) is 12.1 Å². The molecule has 140 valence electrons. The van der Waals surface area contributed by atoms with E-state index in [0.717, 1.165) is 10.8 Å². The Labute approximate surface area is 169 Å². The van der Waals surface area contributed by atoms with Crippen molar-refractivity contribution in [2.45, 2.75) is 0 Å². The summed E-state index contributed by atoms with van der Waals surface area (Å²) in [6.45, 7) is 0. The number of ketones is 1. The maximum absolute atomic E-state index is 12.9. The first-order valence-corrected chi connectivity index (χ1v) is 8.93. The highest BCUT2D eigenvalue weighted by Gasteiger charge is 2.15. The molecule has 0 aliphatic rings. The summed E-state index contributed by atoms with van der Waals surface area (Å²) >= 11 is 5.27. The van der Waals surface area contributed by atoms with Gasteiger partial charge in [0.25, 0.3) is 5.69 Å². The number of nitro groups is 1. The van der Waals surface area contributed by atoms with Crippen LogP contribution in [0.3, 0.4) is 0 Å². The second-order valence-electron chi connectivity index (χ2n) is 6.30. The lowest BCUT2D eigenvalue weighted by atomic mass is 10.0. The molecule has 1 heterocycles. The molecule has 0 saturated heterocycles. The molecule has 7 nitrogen and oxygen atoms in total. The molecule has 29 heavy (non-hydrogen) atoms. The van der Waals surface area contributed by atoms with E-state index in [1.807, 2.05) is 36.4 Å². The van der Waals surface area contributed by atoms with E-state index in [0.29, 0.717) is 16.6 Å². The van der Waals surface area contributed by atoms with E-state index in [9.17, 15) is 20.2 Å². The number of nitriles is 1. The summed E-state index contributed by atoms with van der Waals surface area (Å²) in [7, 11) is 0. The van der Waals surface area contributed by atoms with Crippen molar-refractivity contribution in [2.75, 3.05) is 0 Å². The molecule has 8 heteroatoms. The zero-order chi connectivity index (χ0) is 20.5. The number of allylic oxidation sites excluding steroid dienone is 1. The number of nitrogens with zero attached hydrogens (tertiary/aromatic N) is 3. The summed E-state index contributed by atoms with van der Waals surface area (Å²) in [5, 5.41) is 22.5. The van der Waals surface area contributed by atoms with E-state index in [2.05, 4.69) is 4.98 Å². The lowest BCUT2D eigenvalue weighted by molar-refractivity contribution is -0.384. The molecule has 0 unspecified atom stereocenters. The van der Waals surface area contributed by atoms with Gasteiger partial charge in [0.2, 0.25) is 5.78 Å². The smallest absolute Gasteiger partial charge is 0.271 e. The average molecular weight is 400 g/mol. The largest absolute Gasteiger partial charge is 0.330 e. The summed E-state index contributed by atoms with van der Waals surface area (Å²) in [5.74, 6) is -0.458. The van der Waals surface area contributed by atoms with Gasteiger partial charge in [0, 0.05) is 23.9 Å². The first kappa shape index (κ1) is 18.3. The minimum Gasteiger partial charge on any atom is -0.330 e. The van der Waals surface area contributed by atoms with Gasteiger partial charge in [0.15, 0.2) is 4.77 Å². The van der Waals surface area contributed by atoms with Gasteiger partial charge in [-0.15, -0.1) is 0 Å². The Morgan fingerprint density at radius 3 is 2.62 bits per heavy atom. The monoisotopic (exact) mass is 400 g/mol. The van der Waals surface area contributed by atoms with E-state index in [4.69, 9.17) is 12.2 Å². The quantitative estimate of drug-likeness (QED) is 0.129. The second-order valence-corrected chi connectivity index (χ2v) is 6.69. The number of carbonyl (C=O) groups excluding carboxylic acids is 1. The second kappa shape index (κ2) is 7.14. The maximum atomic E-state index is 12.9. The van der Waals surface area contributed by atoms with Crippen LogP contribution in [-0.4, -0.2) is 20.3 Å². The highest BCUT2D eigenvalue weighted by molar-refractivity contribution is 7.71. The number of carbonyl (C=O) groups is 1. The molecule has 0 aliphatic carbocycles. The van der Waals surface area contributed by atoms with Crippen LogP contribution in [0.2, 0.25) is 0 Å². The number of aromatic amines is 1. The molecule has 1 N–H and O–H groups in total. The van der Waals surface area contributed by atoms with Crippen molar-refractivity contribution >= 4 is 51.7 Å². The number of nitrogens with one attached hydrogen (secondary N) is 1. The number of fused-ring (bicyclic) bond motifs is 2. The molecule has 4 aromatic rings. The van der Waals surface area contributed by atoms with Gasteiger partial charge in [0.1, 0.15) is 11.6 Å². The van der Waals surface area contributed by atoms with Crippen molar-refractivity contribution < 1.29 is 9.72 Å². The number of aromatic nitrogens is 2. The molecule has 4 rings (SSSR count). The number of benzene rings is 3. The molecule has 0 amide bonds. The van der Waals surface area contributed by atoms with Gasteiger partial charge in [-0.05, 0) is 35.1 Å². The third-order valence-corrected chi connectivity index (χ3v) is 4.85. The number of rotatable bonds is 4. The Morgan fingerprint density at radius 2 is 1.90 bits per heavy atom. The van der Waals surface area contributed by atoms with Crippen LogP contribution in [-0.2, 0) is 0 Å². The lowest BCUT2D eigenvalue weighted by Crippen LogP contribution is -2.03. The first-order chi connectivity index (χ1) is 14.0. The molecule has 3 aromatic carbocycles. The Bertz CT molecular complexity index is 1440. The summed E-state index contributed by atoms with van der Waals surface area (Å²) in [6.07, 6.45) is 1.31. The summed E-state index contributed by atoms with van der Waals surface area (Å²) in [5.41, 5.74) is 1.08. The molecular formula is C21H12N4O3S. The number of imidazole rings is 1. The number of nitro benzene ring substituents is 1. The van der Waals surface area contributed by atoms with Crippen LogP contribution in [0.25, 0.3) is 28.0 Å². The van der Waals surface area contributed by atoms with Gasteiger partial charge in [-0.2, -0.15) is 5.26 Å². The van der Waals surface area contributed by atoms with E-state index >= 15 is 0 Å². The van der Waals surface area contributed by atoms with Crippen LogP contribution in [0.5, 0.6) is 0 Å². The van der Waals surface area contributed by atoms with Crippen molar-refractivity contribution in [1.29, 1.82) is 5.26 Å². The van der Waals surface area contributed by atoms with Crippen molar-refractivity contribution in [3.8, 4) is 6.07 Å². The predicted molar refractivity (Wildman–Crippen MR) is 112 cm³/mol. The van der Waals surface area contributed by atoms with Gasteiger partial charge < -0.3 is 4.98 Å². The fourth-order valence-electron chi connectivity index (χ4n) is 3.11. The minimum absolute atomic E-state index is 0.118. The lowest BCUT2D eigenvalue weighted by Gasteiger charge is -2.04. The Hall–Kier alpha value is -4.09. The van der Waals surface area contributed by atoms with Crippen molar-refractivity contribution in [3.63, 3.8) is 0 Å². The van der Waals surface area contributed by atoms with Gasteiger partial charge in [-0.25, -0.2) is 0 Å². The number of H-pyrrole nitrogens is 1. The van der Waals surface area contributed by atoms with Crippen molar-refractivity contribution in [2.24, 2.45) is 0 Å². The Kier molecular flexibility index (Phi) is 4.50. The molecular weight excluding hydrogens is 388 g/mol. The van der Waals surface area contributed by atoms with Crippen molar-refractivity contribution in [1.82, 2.24) is 9.55 Å². The normalized spacial score (nSPS) is 11.5. The molecule has 0 saturated carbocycles. The third kappa shape index (κ3) is 3.31. The Balaban J connectivity index is 1.83. The Morgan fingerprint density at radius 1 is 1.14 bits per heavy atom. The minimum atomic E-state index is -0.519. The van der Waals surface area contributed by atoms with E-state index in [1.165, 1.54) is 29.0 Å². The first-order valence-electron chi connectivity index (χ1n) is 8.52. The van der Waals surface area contributed by atoms with Crippen LogP contribution in [0, 0.1) is 26.2 Å². The molecule has 0 spiro atoms. The van der Waals surface area contributed by atoms with Crippen molar-refractivity contribution in [3.05, 3.63) is 86.7 Å². The van der Waals surface area contributed by atoms with Crippen LogP contribution < -0.4 is 0 Å². The van der Waals surface area contributed by atoms with Gasteiger partial charge >= 0.3 is 0 Å². The number of Topliss-reactive ketones (excluding diaryl/α,β-unsaturated/α-hetero) is 1. The van der Waals surface area contributed by atoms with Crippen LogP contribution in [0.4, 0.5) is 5.69 Å². The van der Waals surface area contributed by atoms with Gasteiger partial charge in [-0.1, -0.05) is 36.4 Å². The zero-order valence-corrected chi connectivity index (χ0v) is 15.6. The third-order valence-electron chi connectivity index (χ3n) is 4.55. The highest BCUT2D eigenvalue weighted by atomic mass is 32.1. The van der Waals surface area contributed by atoms with E-state index < -0.39 is 10.7 Å². The molecule has 1 aromatic heterocycles. The molecule has 0 aliphatic heterocycles. The zero-order valence-electron chi connectivity index (χ0n) is 14.8. The fraction of sp³-hybridized carbons (Fsp3) is 0. The standard InChI is InChI=1S/C21H12N4O3S/c22-11-16(20(26)15-6-5-13-3-1-2-4-14(13)9-15)12-24-19-10-17(25(27)28)7-8-18(19)23-21(24)29/h1-10,12H,(H,23,29)/b16-12+.